The van der Waals surface area contributed by atoms with Crippen molar-refractivity contribution in [2.24, 2.45) is 10.9 Å². The minimum atomic E-state index is 0.0244. The van der Waals surface area contributed by atoms with Crippen molar-refractivity contribution in [2.75, 3.05) is 24.6 Å². The highest BCUT2D eigenvalue weighted by molar-refractivity contribution is 6.34. The van der Waals surface area contributed by atoms with Crippen LogP contribution in [0.15, 0.2) is 23.4 Å². The molecule has 6 heteroatoms. The Morgan fingerprint density at radius 3 is 3.00 bits per heavy atom. The molecule has 0 spiro atoms. The highest BCUT2D eigenvalue weighted by Crippen LogP contribution is 2.28. The fourth-order valence-electron chi connectivity index (χ4n) is 2.51. The monoisotopic (exact) mass is 297 g/mol. The number of hydrogen-bond donors (Lipinski definition) is 2. The maximum Gasteiger partial charge on any atom is 0.173 e. The molecule has 1 aliphatic heterocycles. The van der Waals surface area contributed by atoms with Crippen LogP contribution in [0, 0.1) is 0 Å². The average Bonchev–Trinajstić information content (AvgIpc) is 2.96. The first-order valence-electron chi connectivity index (χ1n) is 6.80. The van der Waals surface area contributed by atoms with Gasteiger partial charge in [-0.3, -0.25) is 0 Å². The Kier molecular flexibility index (Phi) is 5.09. The molecule has 1 aromatic rings. The number of nitrogens with zero attached hydrogens (tertiary/aromatic N) is 2. The van der Waals surface area contributed by atoms with Crippen molar-refractivity contribution in [2.45, 2.75) is 25.9 Å². The first-order valence-corrected chi connectivity index (χ1v) is 7.18. The van der Waals surface area contributed by atoms with E-state index in [4.69, 9.17) is 27.3 Å². The molecule has 0 aliphatic carbocycles. The van der Waals surface area contributed by atoms with E-state index >= 15 is 0 Å². The van der Waals surface area contributed by atoms with Crippen LogP contribution in [0.5, 0.6) is 0 Å². The third kappa shape index (κ3) is 3.16. The number of oxime groups is 1. The van der Waals surface area contributed by atoms with E-state index in [0.29, 0.717) is 10.6 Å². The van der Waals surface area contributed by atoms with E-state index in [9.17, 15) is 0 Å². The number of likely N-dealkylation sites (N-methyl/N-ethyl adjacent to an activating group) is 1. The zero-order valence-corrected chi connectivity index (χ0v) is 12.3. The van der Waals surface area contributed by atoms with Gasteiger partial charge in [0.2, 0.25) is 0 Å². The van der Waals surface area contributed by atoms with Crippen molar-refractivity contribution in [3.63, 3.8) is 0 Å². The van der Waals surface area contributed by atoms with Crippen molar-refractivity contribution in [3.8, 4) is 0 Å². The Labute approximate surface area is 124 Å². The quantitative estimate of drug-likeness (QED) is 0.379. The van der Waals surface area contributed by atoms with Gasteiger partial charge in [-0.25, -0.2) is 0 Å². The highest BCUT2D eigenvalue weighted by atomic mass is 35.5. The molecule has 1 unspecified atom stereocenters. The second-order valence-corrected chi connectivity index (χ2v) is 5.20. The number of nitrogens with two attached hydrogens (primary N) is 1. The van der Waals surface area contributed by atoms with Crippen LogP contribution in [0.1, 0.15) is 25.3 Å². The molecule has 0 aromatic heterocycles. The molecule has 1 aromatic carbocycles. The number of halogens is 1. The van der Waals surface area contributed by atoms with E-state index < -0.39 is 0 Å². The molecule has 1 heterocycles. The number of benzene rings is 1. The largest absolute Gasteiger partial charge is 0.409 e. The molecule has 20 heavy (non-hydrogen) atoms. The summed E-state index contributed by atoms with van der Waals surface area (Å²) < 4.78 is 5.68. The summed E-state index contributed by atoms with van der Waals surface area (Å²) in [6.45, 7) is 4.46. The van der Waals surface area contributed by atoms with E-state index in [0.717, 1.165) is 38.2 Å². The summed E-state index contributed by atoms with van der Waals surface area (Å²) in [5, 5.41) is 12.5. The van der Waals surface area contributed by atoms with Crippen LogP contribution in [-0.2, 0) is 4.74 Å². The lowest BCUT2D eigenvalue weighted by molar-refractivity contribution is 0.115. The van der Waals surface area contributed by atoms with E-state index in [1.165, 1.54) is 0 Å². The van der Waals surface area contributed by atoms with Crippen molar-refractivity contribution in [1.29, 1.82) is 0 Å². The van der Waals surface area contributed by atoms with Crippen LogP contribution in [0.2, 0.25) is 5.02 Å². The van der Waals surface area contributed by atoms with Gasteiger partial charge in [-0.1, -0.05) is 22.8 Å². The lowest BCUT2D eigenvalue weighted by Gasteiger charge is -2.28. The molecule has 0 saturated carbocycles. The van der Waals surface area contributed by atoms with E-state index in [2.05, 4.69) is 17.0 Å². The number of rotatable bonds is 5. The molecular weight excluding hydrogens is 278 g/mol. The molecular formula is C14H20ClN3O2. The Morgan fingerprint density at radius 2 is 2.40 bits per heavy atom. The predicted molar refractivity (Wildman–Crippen MR) is 80.8 cm³/mol. The molecule has 0 amide bonds. The van der Waals surface area contributed by atoms with Crippen molar-refractivity contribution < 1.29 is 9.94 Å². The molecule has 1 saturated heterocycles. The molecule has 3 N–H and O–H groups in total. The molecule has 5 nitrogen and oxygen atoms in total. The van der Waals surface area contributed by atoms with E-state index in [-0.39, 0.29) is 11.9 Å². The second-order valence-electron chi connectivity index (χ2n) is 4.79. The van der Waals surface area contributed by atoms with Gasteiger partial charge in [-0.05, 0) is 31.9 Å². The lowest BCUT2D eigenvalue weighted by Crippen LogP contribution is -2.33. The van der Waals surface area contributed by atoms with Gasteiger partial charge in [0.05, 0.1) is 16.7 Å². The Morgan fingerprint density at radius 1 is 1.60 bits per heavy atom. The highest BCUT2D eigenvalue weighted by Gasteiger charge is 2.22. The van der Waals surface area contributed by atoms with Crippen molar-refractivity contribution in [1.82, 2.24) is 0 Å². The Balaban J connectivity index is 2.30. The van der Waals surface area contributed by atoms with Gasteiger partial charge in [0.1, 0.15) is 0 Å². The molecule has 0 bridgehead atoms. The normalized spacial score (nSPS) is 19.3. The van der Waals surface area contributed by atoms with Crippen LogP contribution in [-0.4, -0.2) is 36.8 Å². The third-order valence-corrected chi connectivity index (χ3v) is 3.84. The number of anilines is 1. The summed E-state index contributed by atoms with van der Waals surface area (Å²) >= 11 is 6.19. The second kappa shape index (κ2) is 6.81. The van der Waals surface area contributed by atoms with E-state index in [1.807, 2.05) is 12.1 Å². The summed E-state index contributed by atoms with van der Waals surface area (Å²) in [6, 6.07) is 5.53. The molecule has 1 fully saturated rings. The fourth-order valence-corrected chi connectivity index (χ4v) is 2.78. The molecule has 1 aliphatic rings. The van der Waals surface area contributed by atoms with Gasteiger partial charge in [0.25, 0.3) is 0 Å². The first kappa shape index (κ1) is 14.9. The van der Waals surface area contributed by atoms with Crippen molar-refractivity contribution >= 4 is 23.1 Å². The van der Waals surface area contributed by atoms with Crippen LogP contribution in [0.4, 0.5) is 5.69 Å². The Hall–Kier alpha value is -1.46. The summed E-state index contributed by atoms with van der Waals surface area (Å²) in [7, 11) is 0. The molecule has 110 valence electrons. The summed E-state index contributed by atoms with van der Waals surface area (Å²) in [5.41, 5.74) is 7.19. The number of ether oxygens (including phenoxy) is 1. The van der Waals surface area contributed by atoms with Crippen LogP contribution >= 0.6 is 11.6 Å². The zero-order valence-electron chi connectivity index (χ0n) is 11.6. The number of hydrogen-bond acceptors (Lipinski definition) is 4. The molecule has 0 radical (unpaired) electrons. The SMILES string of the molecule is CCN(CC1CCCO1)c1cccc(Cl)c1C(N)=NO. The van der Waals surface area contributed by atoms with Gasteiger partial charge >= 0.3 is 0 Å². The standard InChI is InChI=1S/C14H20ClN3O2/c1-2-18(9-10-5-4-8-20-10)12-7-3-6-11(15)13(12)14(16)17-19/h3,6-7,10,19H,2,4-5,8-9H2,1H3,(H2,16,17). The first-order chi connectivity index (χ1) is 9.67. The van der Waals surface area contributed by atoms with E-state index in [1.54, 1.807) is 6.07 Å². The summed E-state index contributed by atoms with van der Waals surface area (Å²) in [5.74, 6) is 0.0244. The summed E-state index contributed by atoms with van der Waals surface area (Å²) in [4.78, 5) is 2.15. The number of amidine groups is 1. The zero-order chi connectivity index (χ0) is 14.5. The molecule has 2 rings (SSSR count). The van der Waals surface area contributed by atoms with Crippen molar-refractivity contribution in [3.05, 3.63) is 28.8 Å². The Bertz CT molecular complexity index is 487. The predicted octanol–water partition coefficient (Wildman–Crippen LogP) is 2.44. The smallest absolute Gasteiger partial charge is 0.173 e. The third-order valence-electron chi connectivity index (χ3n) is 3.53. The lowest BCUT2D eigenvalue weighted by atomic mass is 10.1. The minimum absolute atomic E-state index is 0.0244. The maximum absolute atomic E-state index is 8.94. The van der Waals surface area contributed by atoms with Gasteiger partial charge in [-0.15, -0.1) is 0 Å². The van der Waals surface area contributed by atoms with Crippen LogP contribution in [0.3, 0.4) is 0 Å². The maximum atomic E-state index is 8.94. The summed E-state index contributed by atoms with van der Waals surface area (Å²) in [6.07, 6.45) is 2.40. The van der Waals surface area contributed by atoms with Gasteiger partial charge in [-0.2, -0.15) is 0 Å². The van der Waals surface area contributed by atoms with Gasteiger partial charge in [0.15, 0.2) is 5.84 Å². The topological polar surface area (TPSA) is 71.1 Å². The average molecular weight is 298 g/mol. The molecule has 1 atom stereocenters. The fraction of sp³-hybridized carbons (Fsp3) is 0.500. The van der Waals surface area contributed by atoms with Gasteiger partial charge < -0.3 is 20.6 Å². The van der Waals surface area contributed by atoms with Gasteiger partial charge in [0, 0.05) is 25.4 Å². The minimum Gasteiger partial charge on any atom is -0.409 e. The van der Waals surface area contributed by atoms with Crippen LogP contribution in [0.25, 0.3) is 0 Å². The van der Waals surface area contributed by atoms with Crippen LogP contribution < -0.4 is 10.6 Å².